The van der Waals surface area contributed by atoms with E-state index in [1.54, 1.807) is 11.3 Å². The van der Waals surface area contributed by atoms with Gasteiger partial charge in [0.25, 0.3) is 0 Å². The van der Waals surface area contributed by atoms with Crippen LogP contribution in [0.2, 0.25) is 0 Å². The largest absolute Gasteiger partial charge is 0.323 e. The molecule has 1 atom stereocenters. The average molecular weight is 244 g/mol. The zero-order valence-corrected chi connectivity index (χ0v) is 8.99. The summed E-state index contributed by atoms with van der Waals surface area (Å²) in [5.41, 5.74) is 5.89. The van der Waals surface area contributed by atoms with Crippen molar-refractivity contribution >= 4 is 27.3 Å². The van der Waals surface area contributed by atoms with Crippen LogP contribution in [0.5, 0.6) is 0 Å². The molecule has 64 valence electrons. The highest BCUT2D eigenvalue weighted by Crippen LogP contribution is 2.26. The van der Waals surface area contributed by atoms with Crippen LogP contribution in [0, 0.1) is 12.3 Å². The fourth-order valence-corrected chi connectivity index (χ4v) is 2.39. The van der Waals surface area contributed by atoms with Crippen LogP contribution in [-0.2, 0) is 0 Å². The van der Waals surface area contributed by atoms with E-state index in [0.29, 0.717) is 0 Å². The molecule has 1 rings (SSSR count). The van der Waals surface area contributed by atoms with Gasteiger partial charge in [0.15, 0.2) is 0 Å². The van der Waals surface area contributed by atoms with Crippen molar-refractivity contribution in [2.24, 2.45) is 5.73 Å². The monoisotopic (exact) mass is 243 g/mol. The summed E-state index contributed by atoms with van der Waals surface area (Å²) in [6.45, 7) is 0. The Morgan fingerprint density at radius 2 is 2.50 bits per heavy atom. The molecule has 0 saturated carbocycles. The molecule has 0 fully saturated rings. The lowest BCUT2D eigenvalue weighted by molar-refractivity contribution is 0.679. The van der Waals surface area contributed by atoms with Gasteiger partial charge in [-0.25, -0.2) is 0 Å². The molecular weight excluding hydrogens is 234 g/mol. The van der Waals surface area contributed by atoms with Crippen LogP contribution in [0.25, 0.3) is 0 Å². The molecule has 3 heteroatoms. The van der Waals surface area contributed by atoms with Crippen LogP contribution in [0.1, 0.15) is 23.8 Å². The van der Waals surface area contributed by atoms with Gasteiger partial charge in [-0.15, -0.1) is 23.7 Å². The van der Waals surface area contributed by atoms with Crippen LogP contribution in [-0.4, -0.2) is 0 Å². The summed E-state index contributed by atoms with van der Waals surface area (Å²) in [7, 11) is 0. The number of hydrogen-bond donors (Lipinski definition) is 1. The van der Waals surface area contributed by atoms with Gasteiger partial charge in [0, 0.05) is 27.2 Å². The zero-order valence-electron chi connectivity index (χ0n) is 6.59. The SMILES string of the molecule is C#CCCC(N)c1cc(Br)cs1. The Morgan fingerprint density at radius 3 is 3.00 bits per heavy atom. The van der Waals surface area contributed by atoms with Gasteiger partial charge in [0.2, 0.25) is 0 Å². The molecular formula is C9H10BrNS. The fourth-order valence-electron chi connectivity index (χ4n) is 0.904. The molecule has 0 spiro atoms. The van der Waals surface area contributed by atoms with Crippen molar-refractivity contribution in [3.8, 4) is 12.3 Å². The Balaban J connectivity index is 2.54. The van der Waals surface area contributed by atoms with Crippen molar-refractivity contribution in [2.45, 2.75) is 18.9 Å². The summed E-state index contributed by atoms with van der Waals surface area (Å²) >= 11 is 5.05. The molecule has 0 radical (unpaired) electrons. The summed E-state index contributed by atoms with van der Waals surface area (Å²) in [5, 5.41) is 2.03. The molecule has 0 aliphatic heterocycles. The quantitative estimate of drug-likeness (QED) is 0.813. The van der Waals surface area contributed by atoms with Gasteiger partial charge in [0.1, 0.15) is 0 Å². The number of halogens is 1. The van der Waals surface area contributed by atoms with E-state index in [4.69, 9.17) is 12.2 Å². The van der Waals surface area contributed by atoms with Crippen LogP contribution < -0.4 is 5.73 Å². The third-order valence-electron chi connectivity index (χ3n) is 1.55. The molecule has 0 amide bonds. The first kappa shape index (κ1) is 9.79. The second kappa shape index (κ2) is 4.66. The second-order valence-electron chi connectivity index (χ2n) is 2.52. The highest BCUT2D eigenvalue weighted by atomic mass is 79.9. The van der Waals surface area contributed by atoms with E-state index in [1.165, 1.54) is 4.88 Å². The highest BCUT2D eigenvalue weighted by molar-refractivity contribution is 9.10. The molecule has 12 heavy (non-hydrogen) atoms. The molecule has 0 saturated heterocycles. The van der Waals surface area contributed by atoms with E-state index in [0.717, 1.165) is 17.3 Å². The standard InChI is InChI=1S/C9H10BrNS/c1-2-3-4-8(11)9-5-7(10)6-12-9/h1,5-6,8H,3-4,11H2. The first-order valence-electron chi connectivity index (χ1n) is 3.67. The molecule has 0 aliphatic rings. The van der Waals surface area contributed by atoms with E-state index in [-0.39, 0.29) is 6.04 Å². The Morgan fingerprint density at radius 1 is 1.75 bits per heavy atom. The fraction of sp³-hybridized carbons (Fsp3) is 0.333. The number of hydrogen-bond acceptors (Lipinski definition) is 2. The second-order valence-corrected chi connectivity index (χ2v) is 4.38. The van der Waals surface area contributed by atoms with E-state index >= 15 is 0 Å². The topological polar surface area (TPSA) is 26.0 Å². The van der Waals surface area contributed by atoms with Gasteiger partial charge in [-0.05, 0) is 28.4 Å². The first-order chi connectivity index (χ1) is 5.74. The summed E-state index contributed by atoms with van der Waals surface area (Å²) in [6.07, 6.45) is 6.76. The Bertz CT molecular complexity index is 287. The van der Waals surface area contributed by atoms with Crippen molar-refractivity contribution in [1.29, 1.82) is 0 Å². The van der Waals surface area contributed by atoms with Gasteiger partial charge in [0.05, 0.1) is 0 Å². The molecule has 1 nitrogen and oxygen atoms in total. The van der Waals surface area contributed by atoms with Crippen molar-refractivity contribution in [3.05, 3.63) is 20.8 Å². The molecule has 1 unspecified atom stereocenters. The minimum atomic E-state index is 0.0948. The maximum atomic E-state index is 5.89. The maximum Gasteiger partial charge on any atom is 0.0399 e. The molecule has 0 aliphatic carbocycles. The maximum absolute atomic E-state index is 5.89. The molecule has 2 N–H and O–H groups in total. The van der Waals surface area contributed by atoms with Gasteiger partial charge >= 0.3 is 0 Å². The predicted molar refractivity (Wildman–Crippen MR) is 57.0 cm³/mol. The first-order valence-corrected chi connectivity index (χ1v) is 5.34. The summed E-state index contributed by atoms with van der Waals surface area (Å²) in [5.74, 6) is 2.59. The van der Waals surface area contributed by atoms with Crippen LogP contribution >= 0.6 is 27.3 Å². The van der Waals surface area contributed by atoms with Crippen LogP contribution in [0.4, 0.5) is 0 Å². The number of rotatable bonds is 3. The Kier molecular flexibility index (Phi) is 3.80. The van der Waals surface area contributed by atoms with Gasteiger partial charge in [-0.3, -0.25) is 0 Å². The van der Waals surface area contributed by atoms with Crippen LogP contribution in [0.3, 0.4) is 0 Å². The minimum absolute atomic E-state index is 0.0948. The number of terminal acetylenes is 1. The minimum Gasteiger partial charge on any atom is -0.323 e. The summed E-state index contributed by atoms with van der Waals surface area (Å²) in [6, 6.07) is 2.14. The number of thiophene rings is 1. The predicted octanol–water partition coefficient (Wildman–Crippen LogP) is 2.92. The smallest absolute Gasteiger partial charge is 0.0399 e. The summed E-state index contributed by atoms with van der Waals surface area (Å²) in [4.78, 5) is 1.19. The van der Waals surface area contributed by atoms with Crippen molar-refractivity contribution in [2.75, 3.05) is 0 Å². The third kappa shape index (κ3) is 2.63. The van der Waals surface area contributed by atoms with Gasteiger partial charge < -0.3 is 5.73 Å². The molecule has 1 aromatic heterocycles. The Labute approximate surface area is 85.1 Å². The van der Waals surface area contributed by atoms with E-state index in [9.17, 15) is 0 Å². The van der Waals surface area contributed by atoms with E-state index in [1.807, 2.05) is 11.4 Å². The van der Waals surface area contributed by atoms with Gasteiger partial charge in [-0.2, -0.15) is 0 Å². The van der Waals surface area contributed by atoms with Gasteiger partial charge in [-0.1, -0.05) is 0 Å². The van der Waals surface area contributed by atoms with Crippen molar-refractivity contribution in [3.63, 3.8) is 0 Å². The lowest BCUT2D eigenvalue weighted by Crippen LogP contribution is -2.07. The molecule has 1 aromatic rings. The molecule has 0 aromatic carbocycles. The summed E-state index contributed by atoms with van der Waals surface area (Å²) < 4.78 is 1.10. The zero-order chi connectivity index (χ0) is 8.97. The van der Waals surface area contributed by atoms with Crippen molar-refractivity contribution < 1.29 is 0 Å². The third-order valence-corrected chi connectivity index (χ3v) is 3.38. The normalized spacial score (nSPS) is 12.4. The Hall–Kier alpha value is -0.300. The lowest BCUT2D eigenvalue weighted by Gasteiger charge is -2.05. The number of nitrogens with two attached hydrogens (primary N) is 1. The van der Waals surface area contributed by atoms with E-state index < -0.39 is 0 Å². The van der Waals surface area contributed by atoms with Crippen molar-refractivity contribution in [1.82, 2.24) is 0 Å². The van der Waals surface area contributed by atoms with E-state index in [2.05, 4.69) is 21.9 Å². The average Bonchev–Trinajstić information content (AvgIpc) is 2.47. The highest BCUT2D eigenvalue weighted by Gasteiger charge is 2.06. The van der Waals surface area contributed by atoms with Crippen LogP contribution in [0.15, 0.2) is 15.9 Å². The lowest BCUT2D eigenvalue weighted by atomic mass is 10.1. The molecule has 1 heterocycles. The molecule has 0 bridgehead atoms.